The summed E-state index contributed by atoms with van der Waals surface area (Å²) >= 11 is 6.27. The van der Waals surface area contributed by atoms with Crippen molar-refractivity contribution in [3.63, 3.8) is 0 Å². The van der Waals surface area contributed by atoms with E-state index in [9.17, 15) is 9.59 Å². The van der Waals surface area contributed by atoms with E-state index in [4.69, 9.17) is 16.4 Å². The predicted octanol–water partition coefficient (Wildman–Crippen LogP) is 3.12. The average Bonchev–Trinajstić information content (AvgIpc) is 2.46. The molecule has 126 valence electrons. The summed E-state index contributed by atoms with van der Waals surface area (Å²) in [6.45, 7) is 4.61. The molecular formula is C16H22ClN3O3. The smallest absolute Gasteiger partial charge is 0.321 e. The van der Waals surface area contributed by atoms with Gasteiger partial charge in [0.05, 0.1) is 13.2 Å². The maximum absolute atomic E-state index is 12.3. The number of amides is 3. The topological polar surface area (TPSA) is 61.9 Å². The monoisotopic (exact) mass is 339 g/mol. The van der Waals surface area contributed by atoms with Crippen molar-refractivity contribution in [1.82, 2.24) is 9.96 Å². The Labute approximate surface area is 141 Å². The van der Waals surface area contributed by atoms with E-state index >= 15 is 0 Å². The summed E-state index contributed by atoms with van der Waals surface area (Å²) in [7, 11) is 3.32. The third kappa shape index (κ3) is 4.14. The van der Waals surface area contributed by atoms with Crippen LogP contribution in [0.3, 0.4) is 0 Å². The molecule has 0 radical (unpaired) electrons. The van der Waals surface area contributed by atoms with Crippen molar-refractivity contribution in [3.05, 3.63) is 28.8 Å². The SMILES string of the molecule is CN(C)C(=O)Nc1ccc(CN2OCCC(C)(C)C2=O)c(Cl)c1. The highest BCUT2D eigenvalue weighted by molar-refractivity contribution is 6.31. The van der Waals surface area contributed by atoms with Gasteiger partial charge in [-0.1, -0.05) is 31.5 Å². The van der Waals surface area contributed by atoms with E-state index in [1.165, 1.54) is 9.96 Å². The van der Waals surface area contributed by atoms with Crippen molar-refractivity contribution in [2.75, 3.05) is 26.0 Å². The van der Waals surface area contributed by atoms with E-state index in [-0.39, 0.29) is 18.5 Å². The Bertz CT molecular complexity index is 617. The highest BCUT2D eigenvalue weighted by atomic mass is 35.5. The number of carbonyl (C=O) groups excluding carboxylic acids is 2. The van der Waals surface area contributed by atoms with E-state index in [2.05, 4.69) is 5.32 Å². The van der Waals surface area contributed by atoms with Crippen molar-refractivity contribution in [1.29, 1.82) is 0 Å². The molecule has 0 atom stereocenters. The summed E-state index contributed by atoms with van der Waals surface area (Å²) < 4.78 is 0. The van der Waals surface area contributed by atoms with Gasteiger partial charge in [0.1, 0.15) is 0 Å². The molecule has 1 aromatic carbocycles. The van der Waals surface area contributed by atoms with Crippen LogP contribution in [0.5, 0.6) is 0 Å². The van der Waals surface area contributed by atoms with Gasteiger partial charge in [0.2, 0.25) is 0 Å². The van der Waals surface area contributed by atoms with E-state index in [0.717, 1.165) is 5.56 Å². The maximum Gasteiger partial charge on any atom is 0.321 e. The first-order chi connectivity index (χ1) is 10.7. The van der Waals surface area contributed by atoms with Crippen LogP contribution in [0.1, 0.15) is 25.8 Å². The van der Waals surface area contributed by atoms with Gasteiger partial charge in [0.15, 0.2) is 0 Å². The Morgan fingerprint density at radius 1 is 1.43 bits per heavy atom. The van der Waals surface area contributed by atoms with Crippen molar-refractivity contribution in [2.24, 2.45) is 5.41 Å². The molecule has 0 aromatic heterocycles. The minimum Gasteiger partial charge on any atom is -0.331 e. The summed E-state index contributed by atoms with van der Waals surface area (Å²) in [5, 5.41) is 4.56. The molecule has 1 saturated heterocycles. The van der Waals surface area contributed by atoms with Crippen molar-refractivity contribution >= 4 is 29.2 Å². The number of nitrogens with zero attached hydrogens (tertiary/aromatic N) is 2. The Balaban J connectivity index is 2.09. The van der Waals surface area contributed by atoms with Gasteiger partial charge in [0, 0.05) is 30.2 Å². The Hall–Kier alpha value is -1.79. The van der Waals surface area contributed by atoms with E-state index in [0.29, 0.717) is 23.7 Å². The van der Waals surface area contributed by atoms with E-state index < -0.39 is 5.41 Å². The lowest BCUT2D eigenvalue weighted by Gasteiger charge is -2.36. The molecule has 2 rings (SSSR count). The Morgan fingerprint density at radius 2 is 2.13 bits per heavy atom. The molecule has 0 unspecified atom stereocenters. The van der Waals surface area contributed by atoms with Gasteiger partial charge in [0.25, 0.3) is 5.91 Å². The minimum absolute atomic E-state index is 0.0511. The van der Waals surface area contributed by atoms with E-state index in [1.54, 1.807) is 32.3 Å². The molecule has 1 fully saturated rings. The molecule has 1 heterocycles. The normalized spacial score (nSPS) is 17.1. The molecule has 3 amide bonds. The first-order valence-corrected chi connectivity index (χ1v) is 7.80. The zero-order chi connectivity index (χ0) is 17.2. The minimum atomic E-state index is -0.426. The zero-order valence-electron chi connectivity index (χ0n) is 13.9. The third-order valence-corrected chi connectivity index (χ3v) is 4.16. The van der Waals surface area contributed by atoms with Crippen LogP contribution in [0, 0.1) is 5.41 Å². The number of benzene rings is 1. The largest absolute Gasteiger partial charge is 0.331 e. The van der Waals surface area contributed by atoms with Gasteiger partial charge < -0.3 is 10.2 Å². The summed E-state index contributed by atoms with van der Waals surface area (Å²) in [5.74, 6) is -0.0511. The number of urea groups is 1. The van der Waals surface area contributed by atoms with Crippen LogP contribution in [0.25, 0.3) is 0 Å². The van der Waals surface area contributed by atoms with Crippen LogP contribution in [-0.4, -0.2) is 42.6 Å². The highest BCUT2D eigenvalue weighted by Gasteiger charge is 2.36. The average molecular weight is 340 g/mol. The first kappa shape index (κ1) is 17.6. The lowest BCUT2D eigenvalue weighted by atomic mass is 9.87. The van der Waals surface area contributed by atoms with Crippen LogP contribution in [0.4, 0.5) is 10.5 Å². The number of rotatable bonds is 3. The zero-order valence-corrected chi connectivity index (χ0v) is 14.6. The molecule has 0 bridgehead atoms. The predicted molar refractivity (Wildman–Crippen MR) is 89.1 cm³/mol. The van der Waals surface area contributed by atoms with Crippen LogP contribution in [0.15, 0.2) is 18.2 Å². The molecule has 1 aliphatic rings. The van der Waals surface area contributed by atoms with Crippen molar-refractivity contribution < 1.29 is 14.4 Å². The van der Waals surface area contributed by atoms with Gasteiger partial charge in [-0.3, -0.25) is 9.63 Å². The fraction of sp³-hybridized carbons (Fsp3) is 0.500. The molecule has 6 nitrogen and oxygen atoms in total. The van der Waals surface area contributed by atoms with Crippen LogP contribution in [-0.2, 0) is 16.2 Å². The number of nitrogens with one attached hydrogen (secondary N) is 1. The van der Waals surface area contributed by atoms with Gasteiger partial charge in [-0.05, 0) is 24.1 Å². The Morgan fingerprint density at radius 3 is 2.74 bits per heavy atom. The molecule has 0 saturated carbocycles. The first-order valence-electron chi connectivity index (χ1n) is 7.42. The van der Waals surface area contributed by atoms with Gasteiger partial charge in [-0.25, -0.2) is 9.86 Å². The number of hydroxylamine groups is 2. The summed E-state index contributed by atoms with van der Waals surface area (Å²) in [6.07, 6.45) is 0.700. The summed E-state index contributed by atoms with van der Waals surface area (Å²) in [4.78, 5) is 30.9. The van der Waals surface area contributed by atoms with Crippen molar-refractivity contribution in [2.45, 2.75) is 26.8 Å². The van der Waals surface area contributed by atoms with Crippen molar-refractivity contribution in [3.8, 4) is 0 Å². The molecule has 7 heteroatoms. The maximum atomic E-state index is 12.3. The second-order valence-electron chi connectivity index (χ2n) is 6.44. The lowest BCUT2D eigenvalue weighted by molar-refractivity contribution is -0.218. The van der Waals surface area contributed by atoms with Gasteiger partial charge in [-0.15, -0.1) is 0 Å². The van der Waals surface area contributed by atoms with Crippen LogP contribution < -0.4 is 5.32 Å². The lowest BCUT2D eigenvalue weighted by Crippen LogP contribution is -2.45. The van der Waals surface area contributed by atoms with Gasteiger partial charge in [-0.2, -0.15) is 0 Å². The number of hydrogen-bond acceptors (Lipinski definition) is 3. The van der Waals surface area contributed by atoms with E-state index in [1.807, 2.05) is 13.8 Å². The molecule has 1 aromatic rings. The highest BCUT2D eigenvalue weighted by Crippen LogP contribution is 2.30. The quantitative estimate of drug-likeness (QED) is 0.920. The van der Waals surface area contributed by atoms with Crippen LogP contribution >= 0.6 is 11.6 Å². The molecule has 23 heavy (non-hydrogen) atoms. The number of halogens is 1. The summed E-state index contributed by atoms with van der Waals surface area (Å²) in [6, 6.07) is 4.97. The molecule has 0 spiro atoms. The van der Waals surface area contributed by atoms with Gasteiger partial charge >= 0.3 is 6.03 Å². The molecule has 1 N–H and O–H groups in total. The second kappa shape index (κ2) is 6.76. The Kier molecular flexibility index (Phi) is 5.16. The molecule has 0 aliphatic carbocycles. The molecular weight excluding hydrogens is 318 g/mol. The fourth-order valence-corrected chi connectivity index (χ4v) is 2.42. The number of anilines is 1. The standard InChI is InChI=1S/C16H22ClN3O3/c1-16(2)7-8-23-20(14(16)21)10-11-5-6-12(9-13(11)17)18-15(22)19(3)4/h5-6,9H,7-8,10H2,1-4H3,(H,18,22). The van der Waals surface area contributed by atoms with Crippen LogP contribution in [0.2, 0.25) is 5.02 Å². The summed E-state index contributed by atoms with van der Waals surface area (Å²) in [5.41, 5.74) is 0.939. The molecule has 1 aliphatic heterocycles. The third-order valence-electron chi connectivity index (χ3n) is 3.80. The fourth-order valence-electron chi connectivity index (χ4n) is 2.17. The number of hydrogen-bond donors (Lipinski definition) is 1. The number of carbonyl (C=O) groups is 2. The second-order valence-corrected chi connectivity index (χ2v) is 6.85.